The first-order valence-electron chi connectivity index (χ1n) is 19.0. The molecule has 6 aromatic heterocycles. The Morgan fingerprint density at radius 1 is 0.450 bits per heavy atom. The van der Waals surface area contributed by atoms with E-state index in [4.69, 9.17) is 0 Å². The molecule has 0 fully saturated rings. The molecule has 10 aromatic rings. The average Bonchev–Trinajstić information content (AvgIpc) is 3.99. The number of rotatable bonds is 6. The quantitative estimate of drug-likeness (QED) is 0.155. The topological polar surface area (TPSA) is 152 Å². The lowest BCUT2D eigenvalue weighted by Gasteiger charge is -2.12. The van der Waals surface area contributed by atoms with Gasteiger partial charge in [0, 0.05) is 46.0 Å². The molecular formula is C48H34N8O4. The van der Waals surface area contributed by atoms with Crippen molar-refractivity contribution in [2.75, 3.05) is 0 Å². The molecule has 10 rings (SSSR count). The summed E-state index contributed by atoms with van der Waals surface area (Å²) in [6, 6.07) is 39.9. The summed E-state index contributed by atoms with van der Waals surface area (Å²) in [5.74, 6) is -0.672. The number of fused-ring (bicyclic) bond motifs is 1. The second-order valence-electron chi connectivity index (χ2n) is 14.2. The number of nitrogens with one attached hydrogen (secondary N) is 2. The molecule has 0 atom stereocenters. The number of H-pyrrole nitrogens is 2. The van der Waals surface area contributed by atoms with Gasteiger partial charge in [-0.15, -0.1) is 0 Å². The van der Waals surface area contributed by atoms with E-state index in [9.17, 15) is 10.2 Å². The minimum absolute atomic E-state index is 0.0436. The third-order valence-electron chi connectivity index (χ3n) is 10.7. The number of benzene rings is 4. The van der Waals surface area contributed by atoms with E-state index in [-0.39, 0.29) is 34.3 Å². The summed E-state index contributed by atoms with van der Waals surface area (Å²) >= 11 is 0. The van der Waals surface area contributed by atoms with Crippen LogP contribution in [0.4, 0.5) is 0 Å². The van der Waals surface area contributed by atoms with Crippen LogP contribution in [0.5, 0.6) is 11.8 Å². The largest absolute Gasteiger partial charge is 0.493 e. The number of hydrogen-bond acceptors (Lipinski definition) is 6. The van der Waals surface area contributed by atoms with E-state index < -0.39 is 11.1 Å². The summed E-state index contributed by atoms with van der Waals surface area (Å²) < 4.78 is 5.77. The smallest absolute Gasteiger partial charge is 0.285 e. The number of aromatic hydroxyl groups is 2. The summed E-state index contributed by atoms with van der Waals surface area (Å²) in [5.41, 5.74) is 1.47. The molecule has 0 aliphatic rings. The van der Waals surface area contributed by atoms with Gasteiger partial charge >= 0.3 is 0 Å². The molecule has 4 N–H and O–H groups in total. The third-order valence-corrected chi connectivity index (χ3v) is 10.7. The first-order chi connectivity index (χ1) is 29.3. The van der Waals surface area contributed by atoms with Gasteiger partial charge in [-0.2, -0.15) is 0 Å². The zero-order chi connectivity index (χ0) is 41.1. The summed E-state index contributed by atoms with van der Waals surface area (Å²) in [6.45, 7) is 8.57. The van der Waals surface area contributed by atoms with Crippen LogP contribution in [0.15, 0.2) is 168 Å². The van der Waals surface area contributed by atoms with Crippen LogP contribution in [-0.2, 0) is 0 Å². The van der Waals surface area contributed by atoms with E-state index in [2.05, 4.69) is 33.1 Å². The highest BCUT2D eigenvalue weighted by molar-refractivity contribution is 6.05. The Hall–Kier alpha value is -8.64. The molecule has 0 saturated heterocycles. The maximum Gasteiger partial charge on any atom is 0.285 e. The molecule has 0 radical (unpaired) electrons. The Bertz CT molecular complexity index is 3460. The molecule has 6 heterocycles. The lowest BCUT2D eigenvalue weighted by atomic mass is 10.1. The van der Waals surface area contributed by atoms with E-state index in [1.54, 1.807) is 85.5 Å². The highest BCUT2D eigenvalue weighted by atomic mass is 16.3. The van der Waals surface area contributed by atoms with E-state index in [0.717, 1.165) is 0 Å². The molecule has 0 spiro atoms. The zero-order valence-electron chi connectivity index (χ0n) is 31.8. The van der Waals surface area contributed by atoms with Crippen molar-refractivity contribution in [3.05, 3.63) is 211 Å². The highest BCUT2D eigenvalue weighted by Crippen LogP contribution is 2.41. The van der Waals surface area contributed by atoms with Crippen molar-refractivity contribution in [3.63, 3.8) is 0 Å². The number of pyridine rings is 2. The van der Waals surface area contributed by atoms with E-state index in [0.29, 0.717) is 65.1 Å². The Labute approximate surface area is 339 Å². The second kappa shape index (κ2) is 14.1. The normalized spacial score (nSPS) is 12.6. The maximum absolute atomic E-state index is 15.1. The van der Waals surface area contributed by atoms with Crippen LogP contribution in [0.25, 0.3) is 69.2 Å². The molecule has 0 amide bonds. The number of nitrogens with zero attached hydrogens (tertiary/aromatic N) is 6. The van der Waals surface area contributed by atoms with Crippen molar-refractivity contribution in [1.29, 1.82) is 0 Å². The molecule has 0 unspecified atom stereocenters. The van der Waals surface area contributed by atoms with Crippen molar-refractivity contribution < 1.29 is 10.2 Å². The molecule has 4 aromatic carbocycles. The van der Waals surface area contributed by atoms with Crippen molar-refractivity contribution in [1.82, 2.24) is 38.7 Å². The zero-order valence-corrected chi connectivity index (χ0v) is 31.8. The standard InChI is InChI=1S/C48H34N8O4/c1-29-27-49-25-23-35(29)41-37-38(44(51-41)40-47(59)55(33-19-11-5-12-20-33)56(48(40)60)34-21-13-6-14-22-34)42(36-24-26-50-28-30(36)2)52-43(37)39-45(57)53(31-15-7-3-8-16-31)54(46(39)58)32-17-9-4-10-18-32/h3-28,51-52,57,59H,1-2H2/b41-35-,42-36+. The van der Waals surface area contributed by atoms with Gasteiger partial charge in [-0.1, -0.05) is 86.0 Å². The first-order valence-corrected chi connectivity index (χ1v) is 19.0. The van der Waals surface area contributed by atoms with Gasteiger partial charge < -0.3 is 20.2 Å². The minimum atomic E-state index is -0.524. The molecule has 290 valence electrons. The summed E-state index contributed by atoms with van der Waals surface area (Å²) in [5, 5.41) is 29.0. The van der Waals surface area contributed by atoms with E-state index >= 15 is 9.59 Å². The number of hydrogen-bond donors (Lipinski definition) is 4. The molecule has 0 aliphatic heterocycles. The van der Waals surface area contributed by atoms with Crippen molar-refractivity contribution in [3.8, 4) is 57.0 Å². The fourth-order valence-corrected chi connectivity index (χ4v) is 8.01. The Morgan fingerprint density at radius 3 is 1.08 bits per heavy atom. The Morgan fingerprint density at radius 2 is 0.767 bits per heavy atom. The van der Waals surface area contributed by atoms with Gasteiger partial charge in [0.05, 0.1) is 44.8 Å². The van der Waals surface area contributed by atoms with Crippen molar-refractivity contribution in [2.45, 2.75) is 0 Å². The van der Waals surface area contributed by atoms with E-state index in [1.165, 1.54) is 18.7 Å². The molecule has 0 aliphatic carbocycles. The van der Waals surface area contributed by atoms with Crippen LogP contribution in [-0.4, -0.2) is 48.9 Å². The fourth-order valence-electron chi connectivity index (χ4n) is 8.01. The minimum Gasteiger partial charge on any atom is -0.493 e. The molecular weight excluding hydrogens is 753 g/mol. The van der Waals surface area contributed by atoms with Crippen molar-refractivity contribution >= 4 is 23.9 Å². The van der Waals surface area contributed by atoms with Gasteiger partial charge in [0.1, 0.15) is 11.1 Å². The van der Waals surface area contributed by atoms with Gasteiger partial charge in [-0.25, -0.2) is 18.7 Å². The summed E-state index contributed by atoms with van der Waals surface area (Å²) in [7, 11) is 0. The highest BCUT2D eigenvalue weighted by Gasteiger charge is 2.31. The molecule has 60 heavy (non-hydrogen) atoms. The molecule has 0 saturated carbocycles. The van der Waals surface area contributed by atoms with Gasteiger partial charge in [-0.3, -0.25) is 19.6 Å². The van der Waals surface area contributed by atoms with Crippen LogP contribution < -0.4 is 21.6 Å². The second-order valence-corrected chi connectivity index (χ2v) is 14.2. The maximum atomic E-state index is 15.1. The van der Waals surface area contributed by atoms with Gasteiger partial charge in [0.25, 0.3) is 11.1 Å². The third kappa shape index (κ3) is 5.46. The predicted molar refractivity (Wildman–Crippen MR) is 231 cm³/mol. The Balaban J connectivity index is 1.45. The number of aromatic nitrogens is 8. The first kappa shape index (κ1) is 35.8. The van der Waals surface area contributed by atoms with Crippen LogP contribution in [0, 0.1) is 21.1 Å². The van der Waals surface area contributed by atoms with Crippen LogP contribution in [0.3, 0.4) is 0 Å². The number of aromatic amines is 2. The van der Waals surface area contributed by atoms with Crippen molar-refractivity contribution in [2.24, 2.45) is 0 Å². The number of para-hydroxylation sites is 4. The van der Waals surface area contributed by atoms with Gasteiger partial charge in [0.15, 0.2) is 0 Å². The monoisotopic (exact) mass is 786 g/mol. The SMILES string of the molecule is C=c1cncc/c1=c1/[nH]c(-c2c(O)n(-c3ccccc3)n(-c3ccccc3)c2=O)c2/c(=c3/ccncc3=C)[nH]c(-c3c(O)n(-c4ccccc4)n(-c4ccccc4)c3=O)c12. The molecule has 12 heteroatoms. The fraction of sp³-hybridized carbons (Fsp3) is 0. The Kier molecular flexibility index (Phi) is 8.39. The van der Waals surface area contributed by atoms with E-state index in [1.807, 2.05) is 72.8 Å². The lowest BCUT2D eigenvalue weighted by molar-refractivity contribution is 0.426. The predicted octanol–water partition coefficient (Wildman–Crippen LogP) is 6.31. The summed E-state index contributed by atoms with van der Waals surface area (Å²) in [4.78, 5) is 45.9. The molecule has 0 bridgehead atoms. The van der Waals surface area contributed by atoms with Gasteiger partial charge in [0.2, 0.25) is 11.8 Å². The summed E-state index contributed by atoms with van der Waals surface area (Å²) in [6.07, 6.45) is 6.47. The van der Waals surface area contributed by atoms with Gasteiger partial charge in [-0.05, 0) is 71.1 Å². The van der Waals surface area contributed by atoms with Crippen LogP contribution in [0.2, 0.25) is 0 Å². The molecule has 12 nitrogen and oxygen atoms in total. The lowest BCUT2D eigenvalue weighted by Crippen LogP contribution is -2.20. The van der Waals surface area contributed by atoms with Crippen LogP contribution >= 0.6 is 0 Å². The average molecular weight is 787 g/mol. The van der Waals surface area contributed by atoms with Crippen LogP contribution in [0.1, 0.15) is 0 Å².